The van der Waals surface area contributed by atoms with E-state index in [2.05, 4.69) is 17.0 Å². The van der Waals surface area contributed by atoms with Crippen molar-refractivity contribution in [3.05, 3.63) is 35.9 Å². The number of hydrogen-bond acceptors (Lipinski definition) is 3. The van der Waals surface area contributed by atoms with Gasteiger partial charge in [-0.25, -0.2) is 0 Å². The summed E-state index contributed by atoms with van der Waals surface area (Å²) in [6.45, 7) is 2.92. The highest BCUT2D eigenvalue weighted by Gasteiger charge is 2.31. The van der Waals surface area contributed by atoms with E-state index in [9.17, 15) is 5.11 Å². The van der Waals surface area contributed by atoms with Crippen molar-refractivity contribution in [3.8, 4) is 0 Å². The number of aliphatic hydroxyl groups is 2. The molecule has 0 amide bonds. The Morgan fingerprint density at radius 2 is 1.94 bits per heavy atom. The van der Waals surface area contributed by atoms with Crippen LogP contribution in [0.25, 0.3) is 0 Å². The van der Waals surface area contributed by atoms with Crippen LogP contribution >= 0.6 is 0 Å². The fourth-order valence-corrected chi connectivity index (χ4v) is 2.19. The zero-order chi connectivity index (χ0) is 11.4. The van der Waals surface area contributed by atoms with Gasteiger partial charge in [0, 0.05) is 32.2 Å². The van der Waals surface area contributed by atoms with Crippen LogP contribution < -0.4 is 0 Å². The molecule has 1 fully saturated rings. The predicted molar refractivity (Wildman–Crippen MR) is 62.9 cm³/mol. The summed E-state index contributed by atoms with van der Waals surface area (Å²) in [5.41, 5.74) is 1.32. The first-order valence-electron chi connectivity index (χ1n) is 5.85. The lowest BCUT2D eigenvalue weighted by molar-refractivity contribution is -0.0182. The molecule has 1 atom stereocenters. The summed E-state index contributed by atoms with van der Waals surface area (Å²) < 4.78 is 0. The Balaban J connectivity index is 1.73. The van der Waals surface area contributed by atoms with E-state index in [-0.39, 0.29) is 12.7 Å². The highest BCUT2D eigenvalue weighted by Crippen LogP contribution is 2.22. The molecule has 0 saturated carbocycles. The topological polar surface area (TPSA) is 43.7 Å². The average Bonchev–Trinajstić information content (AvgIpc) is 2.24. The minimum absolute atomic E-state index is 0.0797. The van der Waals surface area contributed by atoms with Crippen molar-refractivity contribution in [1.29, 1.82) is 0 Å². The first-order chi connectivity index (χ1) is 7.79. The molecule has 1 saturated heterocycles. The van der Waals surface area contributed by atoms with Gasteiger partial charge in [0.05, 0.1) is 6.10 Å². The highest BCUT2D eigenvalue weighted by atomic mass is 16.3. The number of benzene rings is 1. The minimum Gasteiger partial charge on any atom is -0.396 e. The lowest BCUT2D eigenvalue weighted by Crippen LogP contribution is -2.51. The third-order valence-electron chi connectivity index (χ3n) is 3.20. The van der Waals surface area contributed by atoms with Gasteiger partial charge in [-0.05, 0) is 12.0 Å². The molecule has 16 heavy (non-hydrogen) atoms. The van der Waals surface area contributed by atoms with Crippen molar-refractivity contribution in [3.63, 3.8) is 0 Å². The number of nitrogens with zero attached hydrogens (tertiary/aromatic N) is 1. The quantitative estimate of drug-likeness (QED) is 0.775. The molecule has 0 bridgehead atoms. The Morgan fingerprint density at radius 3 is 2.56 bits per heavy atom. The largest absolute Gasteiger partial charge is 0.396 e. The van der Waals surface area contributed by atoms with E-state index in [0.717, 1.165) is 19.6 Å². The van der Waals surface area contributed by atoms with Gasteiger partial charge in [0.25, 0.3) is 0 Å². The van der Waals surface area contributed by atoms with Crippen LogP contribution in [0.3, 0.4) is 0 Å². The van der Waals surface area contributed by atoms with Gasteiger partial charge in [0.1, 0.15) is 0 Å². The fourth-order valence-electron chi connectivity index (χ4n) is 2.19. The molecule has 1 aromatic carbocycles. The third kappa shape index (κ3) is 2.82. The van der Waals surface area contributed by atoms with E-state index in [4.69, 9.17) is 5.11 Å². The standard InChI is InChI=1S/C13H19NO2/c15-7-6-13(16)12-9-14(10-12)8-11-4-2-1-3-5-11/h1-5,12-13,15-16H,6-10H2. The van der Waals surface area contributed by atoms with Crippen LogP contribution in [0.15, 0.2) is 30.3 Å². The summed E-state index contributed by atoms with van der Waals surface area (Å²) in [4.78, 5) is 2.32. The molecule has 0 aliphatic carbocycles. The average molecular weight is 221 g/mol. The lowest BCUT2D eigenvalue weighted by atomic mass is 9.91. The zero-order valence-electron chi connectivity index (χ0n) is 9.42. The van der Waals surface area contributed by atoms with Gasteiger partial charge in [-0.2, -0.15) is 0 Å². The predicted octanol–water partition coefficient (Wildman–Crippen LogP) is 0.862. The number of rotatable bonds is 5. The molecular formula is C13H19NO2. The van der Waals surface area contributed by atoms with Gasteiger partial charge in [0.2, 0.25) is 0 Å². The van der Waals surface area contributed by atoms with Crippen LogP contribution in [0.4, 0.5) is 0 Å². The van der Waals surface area contributed by atoms with Crippen LogP contribution in [-0.4, -0.2) is 40.9 Å². The van der Waals surface area contributed by atoms with Crippen molar-refractivity contribution in [2.45, 2.75) is 19.1 Å². The summed E-state index contributed by atoms with van der Waals surface area (Å²) in [5, 5.41) is 18.4. The molecule has 2 N–H and O–H groups in total. The third-order valence-corrected chi connectivity index (χ3v) is 3.20. The van der Waals surface area contributed by atoms with Gasteiger partial charge < -0.3 is 10.2 Å². The van der Waals surface area contributed by atoms with Crippen LogP contribution in [-0.2, 0) is 6.54 Å². The van der Waals surface area contributed by atoms with E-state index < -0.39 is 0 Å². The summed E-state index contributed by atoms with van der Waals surface area (Å²) in [6.07, 6.45) is 0.168. The molecule has 88 valence electrons. The Hall–Kier alpha value is -0.900. The number of likely N-dealkylation sites (tertiary alicyclic amines) is 1. The summed E-state index contributed by atoms with van der Waals surface area (Å²) in [7, 11) is 0. The van der Waals surface area contributed by atoms with Gasteiger partial charge in [0.15, 0.2) is 0 Å². The van der Waals surface area contributed by atoms with Crippen molar-refractivity contribution < 1.29 is 10.2 Å². The Kier molecular flexibility index (Phi) is 3.93. The van der Waals surface area contributed by atoms with Gasteiger partial charge in [-0.1, -0.05) is 30.3 Å². The summed E-state index contributed by atoms with van der Waals surface area (Å²) in [5.74, 6) is 0.343. The number of hydrogen-bond donors (Lipinski definition) is 2. The molecule has 3 nitrogen and oxygen atoms in total. The Bertz CT molecular complexity index is 309. The molecule has 3 heteroatoms. The molecule has 1 aromatic rings. The smallest absolute Gasteiger partial charge is 0.0614 e. The maximum absolute atomic E-state index is 9.67. The molecule has 0 spiro atoms. The van der Waals surface area contributed by atoms with E-state index in [1.54, 1.807) is 0 Å². The van der Waals surface area contributed by atoms with Crippen LogP contribution in [0.5, 0.6) is 0 Å². The molecule has 1 aliphatic rings. The van der Waals surface area contributed by atoms with E-state index >= 15 is 0 Å². The van der Waals surface area contributed by atoms with Gasteiger partial charge >= 0.3 is 0 Å². The van der Waals surface area contributed by atoms with Crippen LogP contribution in [0.1, 0.15) is 12.0 Å². The first-order valence-corrected chi connectivity index (χ1v) is 5.85. The van der Waals surface area contributed by atoms with Crippen LogP contribution in [0, 0.1) is 5.92 Å². The SMILES string of the molecule is OCCC(O)C1CN(Cc2ccccc2)C1. The molecule has 1 aliphatic heterocycles. The van der Waals surface area contributed by atoms with Gasteiger partial charge in [-0.3, -0.25) is 4.90 Å². The monoisotopic (exact) mass is 221 g/mol. The fraction of sp³-hybridized carbons (Fsp3) is 0.538. The second-order valence-corrected chi connectivity index (χ2v) is 4.52. The zero-order valence-corrected chi connectivity index (χ0v) is 9.42. The number of aliphatic hydroxyl groups excluding tert-OH is 2. The maximum Gasteiger partial charge on any atom is 0.0614 e. The molecule has 0 aromatic heterocycles. The summed E-state index contributed by atoms with van der Waals surface area (Å²) >= 11 is 0. The van der Waals surface area contributed by atoms with Crippen molar-refractivity contribution in [2.75, 3.05) is 19.7 Å². The lowest BCUT2D eigenvalue weighted by Gasteiger charge is -2.41. The normalized spacial score (nSPS) is 19.4. The van der Waals surface area contributed by atoms with Crippen molar-refractivity contribution in [1.82, 2.24) is 4.90 Å². The van der Waals surface area contributed by atoms with E-state index in [0.29, 0.717) is 12.3 Å². The Morgan fingerprint density at radius 1 is 1.25 bits per heavy atom. The van der Waals surface area contributed by atoms with Crippen molar-refractivity contribution >= 4 is 0 Å². The summed E-state index contributed by atoms with van der Waals surface area (Å²) in [6, 6.07) is 10.4. The van der Waals surface area contributed by atoms with E-state index in [1.165, 1.54) is 5.56 Å². The molecular weight excluding hydrogens is 202 g/mol. The maximum atomic E-state index is 9.67. The second kappa shape index (κ2) is 5.43. The molecule has 0 radical (unpaired) electrons. The minimum atomic E-state index is -0.336. The first kappa shape index (κ1) is 11.6. The van der Waals surface area contributed by atoms with Gasteiger partial charge in [-0.15, -0.1) is 0 Å². The van der Waals surface area contributed by atoms with Crippen molar-refractivity contribution in [2.24, 2.45) is 5.92 Å². The second-order valence-electron chi connectivity index (χ2n) is 4.52. The van der Waals surface area contributed by atoms with Crippen LogP contribution in [0.2, 0.25) is 0 Å². The van der Waals surface area contributed by atoms with E-state index in [1.807, 2.05) is 18.2 Å². The molecule has 2 rings (SSSR count). The Labute approximate surface area is 96.3 Å². The molecule has 1 unspecified atom stereocenters. The molecule has 1 heterocycles. The highest BCUT2D eigenvalue weighted by molar-refractivity contribution is 5.14.